The molecule has 0 saturated carbocycles. The lowest BCUT2D eigenvalue weighted by Gasteiger charge is -2.15. The summed E-state index contributed by atoms with van der Waals surface area (Å²) in [6.07, 6.45) is 0. The summed E-state index contributed by atoms with van der Waals surface area (Å²) in [6.45, 7) is 4.27. The van der Waals surface area contributed by atoms with Crippen LogP contribution in [0.15, 0.2) is 4.99 Å². The molecule has 1 heterocycles. The van der Waals surface area contributed by atoms with E-state index in [4.69, 9.17) is 0 Å². The number of amidine groups is 1. The fraction of sp³-hybridized carbons (Fsp3) is 0.875. The Labute approximate surface area is 95.5 Å². The first-order valence-corrected chi connectivity index (χ1v) is 6.42. The van der Waals surface area contributed by atoms with E-state index >= 15 is 0 Å². The minimum Gasteiger partial charge on any atom is -0.359 e. The van der Waals surface area contributed by atoms with Crippen molar-refractivity contribution in [3.63, 3.8) is 0 Å². The van der Waals surface area contributed by atoms with Gasteiger partial charge in [0.15, 0.2) is 5.17 Å². The summed E-state index contributed by atoms with van der Waals surface area (Å²) in [5.74, 6) is 0.883. The van der Waals surface area contributed by atoms with Gasteiger partial charge in [0.05, 0.1) is 6.54 Å². The van der Waals surface area contributed by atoms with E-state index in [2.05, 4.69) is 10.3 Å². The molecule has 1 N–H and O–H groups in total. The monoisotopic (exact) mass is 258 g/mol. The van der Waals surface area contributed by atoms with Crippen LogP contribution in [-0.2, 0) is 0 Å². The molecule has 0 radical (unpaired) electrons. The normalized spacial score (nSPS) is 23.1. The molecule has 0 atom stereocenters. The fourth-order valence-electron chi connectivity index (χ4n) is 1.00. The molecule has 1 aliphatic heterocycles. The van der Waals surface area contributed by atoms with Crippen molar-refractivity contribution in [2.45, 2.75) is 24.9 Å². The molecule has 7 heteroatoms. The Morgan fingerprint density at radius 1 is 1.53 bits per heavy atom. The van der Waals surface area contributed by atoms with Gasteiger partial charge in [0.25, 0.3) is 0 Å². The third-order valence-electron chi connectivity index (χ3n) is 1.63. The van der Waals surface area contributed by atoms with Gasteiger partial charge < -0.3 is 5.32 Å². The number of nitrogens with one attached hydrogen (secondary N) is 1. The molecule has 0 aliphatic carbocycles. The van der Waals surface area contributed by atoms with Crippen molar-refractivity contribution < 1.29 is 13.2 Å². The molecular weight excluding hydrogens is 245 g/mol. The van der Waals surface area contributed by atoms with Crippen molar-refractivity contribution in [2.75, 3.05) is 18.1 Å². The molecular formula is C8H13F3N2S2. The quantitative estimate of drug-likeness (QED) is 0.788. The zero-order chi connectivity index (χ0) is 11.5. The van der Waals surface area contributed by atoms with E-state index in [0.717, 1.165) is 10.9 Å². The molecule has 1 aliphatic rings. The Morgan fingerprint density at radius 2 is 2.20 bits per heavy atom. The van der Waals surface area contributed by atoms with Crippen LogP contribution in [0, 0.1) is 0 Å². The summed E-state index contributed by atoms with van der Waals surface area (Å²) in [5.41, 5.74) is -4.14. The Bertz CT molecular complexity index is 251. The van der Waals surface area contributed by atoms with Crippen molar-refractivity contribution >= 4 is 28.7 Å². The summed E-state index contributed by atoms with van der Waals surface area (Å²) in [7, 11) is 0. The highest BCUT2D eigenvalue weighted by molar-refractivity contribution is 8.14. The van der Waals surface area contributed by atoms with Crippen LogP contribution in [0.5, 0.6) is 0 Å². The summed E-state index contributed by atoms with van der Waals surface area (Å²) in [6, 6.07) is 0. The predicted octanol–water partition coefficient (Wildman–Crippen LogP) is 2.71. The van der Waals surface area contributed by atoms with Crippen LogP contribution in [0.25, 0.3) is 0 Å². The van der Waals surface area contributed by atoms with Gasteiger partial charge in [-0.1, -0.05) is 11.8 Å². The van der Waals surface area contributed by atoms with Crippen LogP contribution in [0.2, 0.25) is 0 Å². The molecule has 1 saturated heterocycles. The Balaban J connectivity index is 2.23. The van der Waals surface area contributed by atoms with E-state index in [9.17, 15) is 13.2 Å². The van der Waals surface area contributed by atoms with Crippen molar-refractivity contribution in [1.82, 2.24) is 5.32 Å². The molecule has 0 aromatic carbocycles. The van der Waals surface area contributed by atoms with E-state index in [-0.39, 0.29) is 29.6 Å². The van der Waals surface area contributed by atoms with Crippen LogP contribution >= 0.6 is 23.5 Å². The van der Waals surface area contributed by atoms with Gasteiger partial charge in [0.1, 0.15) is 0 Å². The van der Waals surface area contributed by atoms with Crippen LogP contribution in [0.4, 0.5) is 13.2 Å². The van der Waals surface area contributed by atoms with Gasteiger partial charge in [-0.3, -0.25) is 4.99 Å². The number of rotatable bonds is 3. The number of nitrogens with zero attached hydrogens (tertiary/aromatic N) is 1. The second kappa shape index (κ2) is 4.86. The van der Waals surface area contributed by atoms with E-state index in [1.165, 1.54) is 0 Å². The third-order valence-corrected chi connectivity index (χ3v) is 3.71. The molecule has 0 bridgehead atoms. The lowest BCUT2D eigenvalue weighted by atomic mass is 10.1. The predicted molar refractivity (Wildman–Crippen MR) is 60.5 cm³/mol. The van der Waals surface area contributed by atoms with Gasteiger partial charge in [0.2, 0.25) is 0 Å². The topological polar surface area (TPSA) is 24.4 Å². The van der Waals surface area contributed by atoms with Gasteiger partial charge >= 0.3 is 5.51 Å². The van der Waals surface area contributed by atoms with Gasteiger partial charge in [-0.05, 0) is 25.6 Å². The van der Waals surface area contributed by atoms with E-state index in [1.54, 1.807) is 11.8 Å². The summed E-state index contributed by atoms with van der Waals surface area (Å²) in [5, 5.41) is 3.90. The van der Waals surface area contributed by atoms with E-state index < -0.39 is 5.51 Å². The van der Waals surface area contributed by atoms with Crippen molar-refractivity contribution in [1.29, 1.82) is 0 Å². The highest BCUT2D eigenvalue weighted by Crippen LogP contribution is 2.29. The van der Waals surface area contributed by atoms with Crippen LogP contribution in [0.3, 0.4) is 0 Å². The maximum Gasteiger partial charge on any atom is 0.441 e. The average Bonchev–Trinajstić information content (AvgIpc) is 2.38. The largest absolute Gasteiger partial charge is 0.441 e. The van der Waals surface area contributed by atoms with Crippen molar-refractivity contribution in [2.24, 2.45) is 4.99 Å². The Kier molecular flexibility index (Phi) is 4.22. The number of thioether (sulfide) groups is 2. The number of halogens is 3. The minimum atomic E-state index is -4.14. The zero-order valence-corrected chi connectivity index (χ0v) is 10.2. The number of hydrogen-bond acceptors (Lipinski definition) is 3. The highest BCUT2D eigenvalue weighted by atomic mass is 32.2. The fourth-order valence-corrected chi connectivity index (χ4v) is 2.52. The Morgan fingerprint density at radius 3 is 2.67 bits per heavy atom. The molecule has 0 unspecified atom stereocenters. The van der Waals surface area contributed by atoms with E-state index in [1.807, 2.05) is 13.8 Å². The number of alkyl halides is 3. The minimum absolute atomic E-state index is 0.000665. The van der Waals surface area contributed by atoms with Crippen molar-refractivity contribution in [3.05, 3.63) is 0 Å². The summed E-state index contributed by atoms with van der Waals surface area (Å²) < 4.78 is 35.3. The molecule has 88 valence electrons. The van der Waals surface area contributed by atoms with Crippen molar-refractivity contribution in [3.8, 4) is 0 Å². The molecule has 1 rings (SSSR count). The zero-order valence-electron chi connectivity index (χ0n) is 8.52. The first-order chi connectivity index (χ1) is 6.79. The SMILES string of the molecule is CC1(C)CSC(=NCCSC(F)(F)F)N1. The maximum absolute atomic E-state index is 11.8. The molecule has 0 spiro atoms. The van der Waals surface area contributed by atoms with Crippen LogP contribution in [-0.4, -0.2) is 34.3 Å². The van der Waals surface area contributed by atoms with Crippen LogP contribution < -0.4 is 5.32 Å². The van der Waals surface area contributed by atoms with Gasteiger partial charge in [-0.15, -0.1) is 0 Å². The first kappa shape index (κ1) is 13.0. The molecule has 0 aromatic heterocycles. The third kappa shape index (κ3) is 5.55. The molecule has 2 nitrogen and oxygen atoms in total. The molecule has 15 heavy (non-hydrogen) atoms. The lowest BCUT2D eigenvalue weighted by molar-refractivity contribution is -0.0327. The van der Waals surface area contributed by atoms with Gasteiger partial charge in [-0.2, -0.15) is 13.2 Å². The maximum atomic E-state index is 11.8. The number of aliphatic imine (C=N–C) groups is 1. The molecule has 0 amide bonds. The summed E-state index contributed by atoms with van der Waals surface area (Å²) >= 11 is 1.53. The average molecular weight is 258 g/mol. The van der Waals surface area contributed by atoms with Gasteiger partial charge in [-0.25, -0.2) is 0 Å². The highest BCUT2D eigenvalue weighted by Gasteiger charge is 2.28. The Hall–Kier alpha value is -0.0400. The summed E-state index contributed by atoms with van der Waals surface area (Å²) in [4.78, 5) is 4.07. The standard InChI is InChI=1S/C8H13F3N2S2/c1-7(2)5-14-6(13-7)12-3-4-15-8(9,10)11/h3-5H2,1-2H3,(H,12,13). The van der Waals surface area contributed by atoms with E-state index in [0.29, 0.717) is 0 Å². The van der Waals surface area contributed by atoms with Gasteiger partial charge in [0, 0.05) is 17.0 Å². The second-order valence-corrected chi connectivity index (χ2v) is 5.90. The molecule has 0 aromatic rings. The first-order valence-electron chi connectivity index (χ1n) is 4.45. The second-order valence-electron chi connectivity index (χ2n) is 3.78. The van der Waals surface area contributed by atoms with Crippen LogP contribution in [0.1, 0.15) is 13.8 Å². The lowest BCUT2D eigenvalue weighted by Crippen LogP contribution is -2.36. The number of hydrogen-bond donors (Lipinski definition) is 1. The molecule has 1 fully saturated rings. The smallest absolute Gasteiger partial charge is 0.359 e.